The van der Waals surface area contributed by atoms with Crippen LogP contribution < -0.4 is 0 Å². The van der Waals surface area contributed by atoms with E-state index in [0.29, 0.717) is 37.5 Å². The van der Waals surface area contributed by atoms with Gasteiger partial charge >= 0.3 is 5.97 Å². The Kier molecular flexibility index (Phi) is 6.72. The lowest BCUT2D eigenvalue weighted by atomic mass is 9.98. The van der Waals surface area contributed by atoms with Crippen LogP contribution in [0.2, 0.25) is 0 Å². The molecular weight excluding hydrogens is 388 g/mol. The number of aryl methyl sites for hydroxylation is 2. The Balaban J connectivity index is 1.72. The van der Waals surface area contributed by atoms with Crippen LogP contribution in [0.25, 0.3) is 0 Å². The quantitative estimate of drug-likeness (QED) is 0.750. The number of sulfonamides is 1. The monoisotopic (exact) mass is 416 g/mol. The predicted molar refractivity (Wildman–Crippen MR) is 112 cm³/mol. The van der Waals surface area contributed by atoms with Gasteiger partial charge in [-0.1, -0.05) is 47.5 Å². The zero-order chi connectivity index (χ0) is 21.0. The number of aliphatic carboxylic acids is 1. The number of nitrogens with zero attached hydrogens (tertiary/aromatic N) is 2. The topological polar surface area (TPSA) is 77.9 Å². The molecule has 1 saturated heterocycles. The predicted octanol–water partition coefficient (Wildman–Crippen LogP) is 3.22. The Hall–Kier alpha value is -2.22. The fraction of sp³-hybridized carbons (Fsp3) is 0.409. The van der Waals surface area contributed by atoms with Crippen molar-refractivity contribution in [3.05, 3.63) is 65.2 Å². The second kappa shape index (κ2) is 9.07. The first-order valence-electron chi connectivity index (χ1n) is 9.86. The number of benzene rings is 2. The van der Waals surface area contributed by atoms with Gasteiger partial charge in [0.15, 0.2) is 0 Å². The highest BCUT2D eigenvalue weighted by atomic mass is 32.2. The Morgan fingerprint density at radius 1 is 0.931 bits per heavy atom. The second-order valence-electron chi connectivity index (χ2n) is 7.61. The van der Waals surface area contributed by atoms with Crippen LogP contribution in [0, 0.1) is 13.8 Å². The molecule has 2 aromatic rings. The average Bonchev–Trinajstić information content (AvgIpc) is 2.70. The molecule has 0 aromatic heterocycles. The third-order valence-electron chi connectivity index (χ3n) is 5.47. The number of hydrogen-bond donors (Lipinski definition) is 1. The van der Waals surface area contributed by atoms with Crippen molar-refractivity contribution in [3.63, 3.8) is 0 Å². The maximum Gasteiger partial charge on any atom is 0.303 e. The molecule has 0 amide bonds. The number of carbonyl (C=O) groups is 1. The fourth-order valence-electron chi connectivity index (χ4n) is 3.72. The molecule has 1 atom stereocenters. The van der Waals surface area contributed by atoms with Crippen LogP contribution in [0.1, 0.15) is 35.6 Å². The first-order valence-corrected chi connectivity index (χ1v) is 11.3. The summed E-state index contributed by atoms with van der Waals surface area (Å²) in [4.78, 5) is 13.7. The molecule has 7 heteroatoms. The van der Waals surface area contributed by atoms with Gasteiger partial charge in [0.25, 0.3) is 0 Å². The maximum atomic E-state index is 12.9. The summed E-state index contributed by atoms with van der Waals surface area (Å²) in [6.07, 6.45) is 0.587. The summed E-state index contributed by atoms with van der Waals surface area (Å²) in [6.45, 7) is 5.88. The summed E-state index contributed by atoms with van der Waals surface area (Å²) < 4.78 is 27.4. The molecule has 2 aromatic carbocycles. The molecule has 0 saturated carbocycles. The Morgan fingerprint density at radius 2 is 1.45 bits per heavy atom. The minimum atomic E-state index is -3.51. The largest absolute Gasteiger partial charge is 0.481 e. The van der Waals surface area contributed by atoms with Gasteiger partial charge in [-0.15, -0.1) is 0 Å². The number of rotatable bonds is 7. The van der Waals surface area contributed by atoms with E-state index in [0.717, 1.165) is 16.7 Å². The molecule has 6 nitrogen and oxygen atoms in total. The SMILES string of the molecule is Cc1ccc([C@@H](CCC(=O)O)N2CCN(S(=O)(=O)c3ccc(C)cc3)CC2)cc1. The van der Waals surface area contributed by atoms with Crippen molar-refractivity contribution >= 4 is 16.0 Å². The Bertz CT molecular complexity index is 932. The first kappa shape index (κ1) is 21.5. The standard InChI is InChI=1S/C22H28N2O4S/c1-17-3-7-19(8-4-17)21(11-12-22(25)26)23-13-15-24(16-14-23)29(27,28)20-9-5-18(2)6-10-20/h3-10,21H,11-16H2,1-2H3,(H,25,26)/t21-/m1/s1. The van der Waals surface area contributed by atoms with Crippen LogP contribution in [0.4, 0.5) is 0 Å². The summed E-state index contributed by atoms with van der Waals surface area (Å²) in [6, 6.07) is 15.0. The highest BCUT2D eigenvalue weighted by Crippen LogP contribution is 2.28. The van der Waals surface area contributed by atoms with E-state index in [-0.39, 0.29) is 12.5 Å². The third-order valence-corrected chi connectivity index (χ3v) is 7.38. The lowest BCUT2D eigenvalue weighted by molar-refractivity contribution is -0.137. The molecule has 29 heavy (non-hydrogen) atoms. The van der Waals surface area contributed by atoms with Gasteiger partial charge in [-0.3, -0.25) is 9.69 Å². The minimum absolute atomic E-state index is 0.0315. The van der Waals surface area contributed by atoms with Crippen molar-refractivity contribution in [2.45, 2.75) is 37.6 Å². The molecule has 1 aliphatic rings. The third kappa shape index (κ3) is 5.23. The fourth-order valence-corrected chi connectivity index (χ4v) is 5.15. The molecule has 1 aliphatic heterocycles. The lowest BCUT2D eigenvalue weighted by Gasteiger charge is -2.39. The smallest absolute Gasteiger partial charge is 0.303 e. The van der Waals surface area contributed by atoms with E-state index < -0.39 is 16.0 Å². The lowest BCUT2D eigenvalue weighted by Crippen LogP contribution is -2.49. The molecule has 1 heterocycles. The second-order valence-corrected chi connectivity index (χ2v) is 9.55. The highest BCUT2D eigenvalue weighted by molar-refractivity contribution is 7.89. The van der Waals surface area contributed by atoms with Crippen molar-refractivity contribution in [1.82, 2.24) is 9.21 Å². The van der Waals surface area contributed by atoms with Crippen LogP contribution in [0.15, 0.2) is 53.4 Å². The summed E-state index contributed by atoms with van der Waals surface area (Å²) in [5.41, 5.74) is 3.25. The van der Waals surface area contributed by atoms with Gasteiger partial charge in [0.2, 0.25) is 10.0 Å². The maximum absolute atomic E-state index is 12.9. The molecule has 0 unspecified atom stereocenters. The number of hydrogen-bond acceptors (Lipinski definition) is 4. The summed E-state index contributed by atoms with van der Waals surface area (Å²) in [5, 5.41) is 9.14. The number of piperazine rings is 1. The minimum Gasteiger partial charge on any atom is -0.481 e. The highest BCUT2D eigenvalue weighted by Gasteiger charge is 2.31. The van der Waals surface area contributed by atoms with Crippen molar-refractivity contribution < 1.29 is 18.3 Å². The first-order chi connectivity index (χ1) is 13.8. The average molecular weight is 417 g/mol. The molecule has 0 aliphatic carbocycles. The van der Waals surface area contributed by atoms with Gasteiger partial charge in [0.1, 0.15) is 0 Å². The van der Waals surface area contributed by atoms with Gasteiger partial charge in [0.05, 0.1) is 4.90 Å². The van der Waals surface area contributed by atoms with Gasteiger partial charge in [-0.25, -0.2) is 8.42 Å². The van der Waals surface area contributed by atoms with Gasteiger partial charge in [0, 0.05) is 38.6 Å². The van der Waals surface area contributed by atoms with E-state index in [4.69, 9.17) is 5.11 Å². The van der Waals surface area contributed by atoms with E-state index in [1.165, 1.54) is 4.31 Å². The van der Waals surface area contributed by atoms with Crippen LogP contribution in [-0.4, -0.2) is 54.9 Å². The molecule has 1 N–H and O–H groups in total. The zero-order valence-corrected chi connectivity index (χ0v) is 17.7. The Morgan fingerprint density at radius 3 is 1.97 bits per heavy atom. The zero-order valence-electron chi connectivity index (χ0n) is 16.9. The van der Waals surface area contributed by atoms with Crippen LogP contribution in [-0.2, 0) is 14.8 Å². The molecule has 0 spiro atoms. The number of carboxylic acid groups (broad SMARTS) is 1. The summed E-state index contributed by atoms with van der Waals surface area (Å²) in [7, 11) is -3.51. The van der Waals surface area contributed by atoms with E-state index >= 15 is 0 Å². The molecule has 156 valence electrons. The van der Waals surface area contributed by atoms with Gasteiger partial charge < -0.3 is 5.11 Å². The molecule has 1 fully saturated rings. The molecule has 3 rings (SSSR count). The van der Waals surface area contributed by atoms with Crippen LogP contribution in [0.3, 0.4) is 0 Å². The van der Waals surface area contributed by atoms with Crippen LogP contribution >= 0.6 is 0 Å². The van der Waals surface area contributed by atoms with Gasteiger partial charge in [-0.05, 0) is 38.0 Å². The van der Waals surface area contributed by atoms with E-state index in [2.05, 4.69) is 4.90 Å². The van der Waals surface area contributed by atoms with E-state index in [1.54, 1.807) is 12.1 Å². The molecular formula is C22H28N2O4S. The normalized spacial score (nSPS) is 17.2. The summed E-state index contributed by atoms with van der Waals surface area (Å²) in [5.74, 6) is -0.817. The van der Waals surface area contributed by atoms with Gasteiger partial charge in [-0.2, -0.15) is 4.31 Å². The van der Waals surface area contributed by atoms with Crippen molar-refractivity contribution in [2.75, 3.05) is 26.2 Å². The molecule has 0 bridgehead atoms. The number of carboxylic acids is 1. The molecule has 0 radical (unpaired) electrons. The van der Waals surface area contributed by atoms with E-state index in [1.807, 2.05) is 50.2 Å². The van der Waals surface area contributed by atoms with Crippen LogP contribution in [0.5, 0.6) is 0 Å². The van der Waals surface area contributed by atoms with E-state index in [9.17, 15) is 13.2 Å². The van der Waals surface area contributed by atoms with Crippen molar-refractivity contribution in [1.29, 1.82) is 0 Å². The van der Waals surface area contributed by atoms with Crippen molar-refractivity contribution in [2.24, 2.45) is 0 Å². The van der Waals surface area contributed by atoms with Crippen molar-refractivity contribution in [3.8, 4) is 0 Å². The summed E-state index contributed by atoms with van der Waals surface area (Å²) >= 11 is 0. The Labute approximate surface area is 172 Å².